The SMILES string of the molecule is CC(C)CC[C@@H](O)[C@@H](C)[C@H]1CC[C@@H]([C@@H]2CC[C@H]3C[C@@H](O)CC[C@]3(C)[C@H]2O)[C@]1(C)CCO. The summed E-state index contributed by atoms with van der Waals surface area (Å²) in [6, 6.07) is 0. The van der Waals surface area contributed by atoms with Gasteiger partial charge in [-0.3, -0.25) is 0 Å². The summed E-state index contributed by atoms with van der Waals surface area (Å²) < 4.78 is 0. The highest BCUT2D eigenvalue weighted by Gasteiger charge is 2.57. The van der Waals surface area contributed by atoms with Gasteiger partial charge in [-0.1, -0.05) is 34.6 Å². The molecule has 0 amide bonds. The molecule has 31 heavy (non-hydrogen) atoms. The van der Waals surface area contributed by atoms with E-state index in [-0.39, 0.29) is 47.6 Å². The molecule has 0 aromatic rings. The summed E-state index contributed by atoms with van der Waals surface area (Å²) in [5.74, 6) is 2.27. The molecule has 3 rings (SSSR count). The van der Waals surface area contributed by atoms with Crippen LogP contribution in [0.3, 0.4) is 0 Å². The van der Waals surface area contributed by atoms with E-state index in [1.165, 1.54) is 0 Å². The third kappa shape index (κ3) is 4.88. The maximum absolute atomic E-state index is 11.7. The Bertz CT molecular complexity index is 580. The summed E-state index contributed by atoms with van der Waals surface area (Å²) >= 11 is 0. The molecule has 3 saturated carbocycles. The second kappa shape index (κ2) is 9.99. The maximum Gasteiger partial charge on any atom is 0.0627 e. The number of rotatable bonds is 8. The van der Waals surface area contributed by atoms with Crippen molar-refractivity contribution in [2.45, 2.75) is 117 Å². The van der Waals surface area contributed by atoms with Crippen LogP contribution in [0, 0.1) is 46.3 Å². The zero-order valence-electron chi connectivity index (χ0n) is 20.8. The molecular weight excluding hydrogens is 388 g/mol. The van der Waals surface area contributed by atoms with Gasteiger partial charge in [-0.05, 0) is 111 Å². The Labute approximate surface area is 190 Å². The molecule has 182 valence electrons. The molecule has 0 bridgehead atoms. The lowest BCUT2D eigenvalue weighted by atomic mass is 9.51. The van der Waals surface area contributed by atoms with Gasteiger partial charge in [0.2, 0.25) is 0 Å². The first-order valence-corrected chi connectivity index (χ1v) is 13.2. The van der Waals surface area contributed by atoms with Gasteiger partial charge < -0.3 is 20.4 Å². The van der Waals surface area contributed by atoms with Gasteiger partial charge in [-0.25, -0.2) is 0 Å². The normalized spacial score (nSPS) is 45.5. The van der Waals surface area contributed by atoms with Gasteiger partial charge in [0.05, 0.1) is 18.3 Å². The van der Waals surface area contributed by atoms with E-state index in [1.54, 1.807) is 0 Å². The Balaban J connectivity index is 1.78. The summed E-state index contributed by atoms with van der Waals surface area (Å²) in [5.41, 5.74) is -0.140. The predicted molar refractivity (Wildman–Crippen MR) is 125 cm³/mol. The molecule has 0 saturated heterocycles. The Hall–Kier alpha value is -0.160. The van der Waals surface area contributed by atoms with E-state index in [0.717, 1.165) is 64.2 Å². The Kier molecular flexibility index (Phi) is 8.21. The Morgan fingerprint density at radius 3 is 2.29 bits per heavy atom. The highest BCUT2D eigenvalue weighted by molar-refractivity contribution is 5.07. The number of hydrogen-bond acceptors (Lipinski definition) is 4. The largest absolute Gasteiger partial charge is 0.396 e. The zero-order chi connectivity index (χ0) is 23.0. The third-order valence-corrected chi connectivity index (χ3v) is 10.4. The van der Waals surface area contributed by atoms with E-state index in [1.807, 2.05) is 0 Å². The first kappa shape index (κ1) is 25.5. The van der Waals surface area contributed by atoms with E-state index in [9.17, 15) is 20.4 Å². The van der Waals surface area contributed by atoms with Crippen molar-refractivity contribution in [3.63, 3.8) is 0 Å². The molecule has 4 nitrogen and oxygen atoms in total. The number of aliphatic hydroxyl groups excluding tert-OH is 4. The van der Waals surface area contributed by atoms with Crippen molar-refractivity contribution in [3.05, 3.63) is 0 Å². The molecule has 3 fully saturated rings. The van der Waals surface area contributed by atoms with Crippen LogP contribution in [0.1, 0.15) is 98.8 Å². The van der Waals surface area contributed by atoms with Crippen molar-refractivity contribution in [2.75, 3.05) is 6.61 Å². The number of aliphatic hydroxyl groups is 4. The van der Waals surface area contributed by atoms with E-state index >= 15 is 0 Å². The van der Waals surface area contributed by atoms with Crippen LogP contribution in [0.2, 0.25) is 0 Å². The Morgan fingerprint density at radius 2 is 1.65 bits per heavy atom. The fraction of sp³-hybridized carbons (Fsp3) is 1.00. The zero-order valence-corrected chi connectivity index (χ0v) is 20.8. The molecule has 0 unspecified atom stereocenters. The number of hydrogen-bond donors (Lipinski definition) is 4. The van der Waals surface area contributed by atoms with Crippen molar-refractivity contribution in [2.24, 2.45) is 46.3 Å². The van der Waals surface area contributed by atoms with Crippen LogP contribution < -0.4 is 0 Å². The summed E-state index contributed by atoms with van der Waals surface area (Å²) in [6.07, 6.45) is 8.67. The standard InChI is InChI=1S/C27H50O4/c1-17(2)6-11-24(30)18(3)22-9-10-23(27(22,5)14-15-28)21-8-7-19-16-20(29)12-13-26(19,4)25(21)31/h17-25,28-31H,6-16H2,1-5H3/t18-,19-,20-,21-,22+,23-,24+,25-,26-,27+/m0/s1. The van der Waals surface area contributed by atoms with Crippen molar-refractivity contribution < 1.29 is 20.4 Å². The topological polar surface area (TPSA) is 80.9 Å². The molecule has 0 spiro atoms. The van der Waals surface area contributed by atoms with Gasteiger partial charge in [0.15, 0.2) is 0 Å². The van der Waals surface area contributed by atoms with Gasteiger partial charge in [-0.15, -0.1) is 0 Å². The second-order valence-electron chi connectivity index (χ2n) is 12.5. The van der Waals surface area contributed by atoms with Crippen molar-refractivity contribution in [3.8, 4) is 0 Å². The predicted octanol–water partition coefficient (Wildman–Crippen LogP) is 4.77. The second-order valence-corrected chi connectivity index (χ2v) is 12.5. The Morgan fingerprint density at radius 1 is 0.935 bits per heavy atom. The summed E-state index contributed by atoms with van der Waals surface area (Å²) in [7, 11) is 0. The fourth-order valence-corrected chi connectivity index (χ4v) is 8.20. The van der Waals surface area contributed by atoms with Gasteiger partial charge in [0, 0.05) is 6.61 Å². The van der Waals surface area contributed by atoms with Crippen LogP contribution in [0.25, 0.3) is 0 Å². The summed E-state index contributed by atoms with van der Waals surface area (Å²) in [6.45, 7) is 11.4. The molecule has 3 aliphatic rings. The highest BCUT2D eigenvalue weighted by Crippen LogP contribution is 2.62. The average Bonchev–Trinajstić information content (AvgIpc) is 3.04. The molecule has 0 aliphatic heterocycles. The quantitative estimate of drug-likeness (QED) is 0.440. The lowest BCUT2D eigenvalue weighted by Crippen LogP contribution is -2.54. The van der Waals surface area contributed by atoms with E-state index in [2.05, 4.69) is 34.6 Å². The van der Waals surface area contributed by atoms with Crippen molar-refractivity contribution >= 4 is 0 Å². The van der Waals surface area contributed by atoms with Gasteiger partial charge in [0.25, 0.3) is 0 Å². The van der Waals surface area contributed by atoms with E-state index in [4.69, 9.17) is 0 Å². The maximum atomic E-state index is 11.7. The van der Waals surface area contributed by atoms with Gasteiger partial charge in [0.1, 0.15) is 0 Å². The molecule has 0 aromatic carbocycles. The lowest BCUT2D eigenvalue weighted by molar-refractivity contribution is -0.145. The van der Waals surface area contributed by atoms with Crippen molar-refractivity contribution in [1.29, 1.82) is 0 Å². The average molecular weight is 439 g/mol. The third-order valence-electron chi connectivity index (χ3n) is 10.4. The first-order valence-electron chi connectivity index (χ1n) is 13.2. The minimum absolute atomic E-state index is 0.0456. The van der Waals surface area contributed by atoms with Gasteiger partial charge >= 0.3 is 0 Å². The highest BCUT2D eigenvalue weighted by atomic mass is 16.3. The molecular formula is C27H50O4. The minimum Gasteiger partial charge on any atom is -0.396 e. The van der Waals surface area contributed by atoms with E-state index < -0.39 is 0 Å². The van der Waals surface area contributed by atoms with Crippen LogP contribution in [0.5, 0.6) is 0 Å². The molecule has 0 aromatic heterocycles. The van der Waals surface area contributed by atoms with Crippen LogP contribution in [0.15, 0.2) is 0 Å². The van der Waals surface area contributed by atoms with Crippen molar-refractivity contribution in [1.82, 2.24) is 0 Å². The summed E-state index contributed by atoms with van der Waals surface area (Å²) in [4.78, 5) is 0. The minimum atomic E-state index is -0.332. The molecule has 0 radical (unpaired) electrons. The smallest absolute Gasteiger partial charge is 0.0627 e. The van der Waals surface area contributed by atoms with E-state index in [0.29, 0.717) is 23.7 Å². The van der Waals surface area contributed by atoms with Crippen LogP contribution in [-0.4, -0.2) is 45.3 Å². The lowest BCUT2D eigenvalue weighted by Gasteiger charge is -2.55. The molecule has 0 heterocycles. The van der Waals surface area contributed by atoms with Gasteiger partial charge in [-0.2, -0.15) is 0 Å². The van der Waals surface area contributed by atoms with Crippen LogP contribution in [-0.2, 0) is 0 Å². The molecule has 3 aliphatic carbocycles. The molecule has 4 heteroatoms. The van der Waals surface area contributed by atoms with Crippen LogP contribution >= 0.6 is 0 Å². The molecule has 4 N–H and O–H groups in total. The first-order chi connectivity index (χ1) is 14.5. The number of fused-ring (bicyclic) bond motifs is 1. The fourth-order valence-electron chi connectivity index (χ4n) is 8.20. The summed E-state index contributed by atoms with van der Waals surface area (Å²) in [5, 5.41) is 42.8. The molecule has 10 atom stereocenters. The van der Waals surface area contributed by atoms with Crippen LogP contribution in [0.4, 0.5) is 0 Å². The monoisotopic (exact) mass is 438 g/mol.